The molecule has 5 nitrogen and oxygen atoms in total. The lowest BCUT2D eigenvalue weighted by Crippen LogP contribution is -2.10. The highest BCUT2D eigenvalue weighted by molar-refractivity contribution is 5.97. The molecular weight excluding hydrogens is 243 g/mol. The highest BCUT2D eigenvalue weighted by Gasteiger charge is 2.39. The summed E-state index contributed by atoms with van der Waals surface area (Å²) < 4.78 is 37.3. The third-order valence-corrected chi connectivity index (χ3v) is 2.00. The van der Waals surface area contributed by atoms with Gasteiger partial charge in [-0.3, -0.25) is 14.9 Å². The highest BCUT2D eigenvalue weighted by Crippen LogP contribution is 2.39. The number of phenolic OH excluding ortho intramolecular Hbond substituents is 1. The number of carbonyl (C=O) groups excluding carboxylic acids is 1. The van der Waals surface area contributed by atoms with Gasteiger partial charge < -0.3 is 5.11 Å². The number of nitro groups is 1. The van der Waals surface area contributed by atoms with Gasteiger partial charge >= 0.3 is 6.18 Å². The van der Waals surface area contributed by atoms with Crippen molar-refractivity contribution in [3.05, 3.63) is 33.4 Å². The molecule has 1 N–H and O–H groups in total. The Labute approximate surface area is 92.6 Å². The monoisotopic (exact) mass is 249 g/mol. The maximum atomic E-state index is 12.4. The van der Waals surface area contributed by atoms with Crippen LogP contribution in [0, 0.1) is 10.1 Å². The minimum atomic E-state index is -4.98. The van der Waals surface area contributed by atoms with E-state index in [1.807, 2.05) is 0 Å². The number of halogens is 3. The Morgan fingerprint density at radius 1 is 1.41 bits per heavy atom. The van der Waals surface area contributed by atoms with Crippen LogP contribution in [0.3, 0.4) is 0 Å². The molecule has 0 spiro atoms. The first-order valence-electron chi connectivity index (χ1n) is 4.24. The third-order valence-electron chi connectivity index (χ3n) is 2.00. The molecule has 1 rings (SSSR count). The van der Waals surface area contributed by atoms with Crippen LogP contribution in [-0.4, -0.2) is 15.8 Å². The van der Waals surface area contributed by atoms with Crippen molar-refractivity contribution in [2.75, 3.05) is 0 Å². The van der Waals surface area contributed by atoms with Gasteiger partial charge in [-0.1, -0.05) is 0 Å². The van der Waals surface area contributed by atoms with Gasteiger partial charge in [-0.15, -0.1) is 0 Å². The lowest BCUT2D eigenvalue weighted by Gasteiger charge is -2.09. The van der Waals surface area contributed by atoms with Crippen molar-refractivity contribution >= 4 is 11.5 Å². The first-order valence-corrected chi connectivity index (χ1v) is 4.24. The molecule has 0 bridgehead atoms. The molecule has 0 saturated heterocycles. The minimum absolute atomic E-state index is 0.175. The number of carbonyl (C=O) groups is 1. The van der Waals surface area contributed by atoms with Crippen molar-refractivity contribution in [1.82, 2.24) is 0 Å². The van der Waals surface area contributed by atoms with E-state index < -0.39 is 39.4 Å². The van der Waals surface area contributed by atoms with Crippen LogP contribution >= 0.6 is 0 Å². The topological polar surface area (TPSA) is 80.4 Å². The molecular formula is C9H6F3NO4. The standard InChI is InChI=1S/C9H6F3NO4/c1-4(14)5-2-7(13(16)17)6(3-8(5)15)9(10,11)12/h2-3,15H,1H3. The van der Waals surface area contributed by atoms with Crippen LogP contribution in [0.4, 0.5) is 18.9 Å². The van der Waals surface area contributed by atoms with Crippen LogP contribution < -0.4 is 0 Å². The molecule has 92 valence electrons. The Kier molecular flexibility index (Phi) is 3.08. The molecule has 0 radical (unpaired) electrons. The molecule has 1 aromatic rings. The molecule has 0 aliphatic carbocycles. The first-order chi connectivity index (χ1) is 7.64. The maximum absolute atomic E-state index is 12.4. The quantitative estimate of drug-likeness (QED) is 0.496. The second-order valence-corrected chi connectivity index (χ2v) is 3.20. The number of Topliss-reactive ketones (excluding diaryl/α,β-unsaturated/α-hetero) is 1. The molecule has 0 aliphatic heterocycles. The summed E-state index contributed by atoms with van der Waals surface area (Å²) in [6, 6.07) is 0.593. The smallest absolute Gasteiger partial charge is 0.423 e. The van der Waals surface area contributed by atoms with Gasteiger partial charge in [0.2, 0.25) is 0 Å². The number of aromatic hydroxyl groups is 1. The summed E-state index contributed by atoms with van der Waals surface area (Å²) in [6.07, 6.45) is -4.98. The summed E-state index contributed by atoms with van der Waals surface area (Å²) in [5.41, 5.74) is -3.38. The molecule has 0 heterocycles. The zero-order valence-corrected chi connectivity index (χ0v) is 8.41. The van der Waals surface area contributed by atoms with E-state index in [1.165, 1.54) is 0 Å². The van der Waals surface area contributed by atoms with E-state index in [0.717, 1.165) is 6.92 Å². The molecule has 0 fully saturated rings. The molecule has 17 heavy (non-hydrogen) atoms. The van der Waals surface area contributed by atoms with Crippen molar-refractivity contribution in [1.29, 1.82) is 0 Å². The lowest BCUT2D eigenvalue weighted by molar-refractivity contribution is -0.388. The van der Waals surface area contributed by atoms with E-state index in [4.69, 9.17) is 0 Å². The average Bonchev–Trinajstić information content (AvgIpc) is 2.14. The van der Waals surface area contributed by atoms with Gasteiger partial charge in [-0.05, 0) is 13.0 Å². The number of nitro benzene ring substituents is 1. The number of ketones is 1. The van der Waals surface area contributed by atoms with Crippen molar-refractivity contribution in [3.8, 4) is 5.75 Å². The van der Waals surface area contributed by atoms with E-state index in [1.54, 1.807) is 0 Å². The maximum Gasteiger partial charge on any atom is 0.423 e. The Morgan fingerprint density at radius 2 is 1.94 bits per heavy atom. The molecule has 0 aliphatic rings. The Balaban J connectivity index is 3.58. The van der Waals surface area contributed by atoms with Gasteiger partial charge in [0.1, 0.15) is 11.3 Å². The SMILES string of the molecule is CC(=O)c1cc([N+](=O)[O-])c(C(F)(F)F)cc1O. The normalized spacial score (nSPS) is 11.3. The lowest BCUT2D eigenvalue weighted by atomic mass is 10.0. The number of hydrogen-bond acceptors (Lipinski definition) is 4. The van der Waals surface area contributed by atoms with E-state index >= 15 is 0 Å². The molecule has 0 aromatic heterocycles. The van der Waals surface area contributed by atoms with Gasteiger partial charge in [0.25, 0.3) is 5.69 Å². The van der Waals surface area contributed by atoms with Gasteiger partial charge in [-0.2, -0.15) is 13.2 Å². The van der Waals surface area contributed by atoms with E-state index in [2.05, 4.69) is 0 Å². The summed E-state index contributed by atoms with van der Waals surface area (Å²) in [5, 5.41) is 19.7. The van der Waals surface area contributed by atoms with Crippen LogP contribution in [0.5, 0.6) is 5.75 Å². The highest BCUT2D eigenvalue weighted by atomic mass is 19.4. The van der Waals surface area contributed by atoms with Gasteiger partial charge in [0.15, 0.2) is 5.78 Å². The van der Waals surface area contributed by atoms with E-state index in [-0.39, 0.29) is 6.07 Å². The van der Waals surface area contributed by atoms with Gasteiger partial charge in [0.05, 0.1) is 10.5 Å². The van der Waals surface area contributed by atoms with Crippen molar-refractivity contribution < 1.29 is 28.0 Å². The fourth-order valence-corrected chi connectivity index (χ4v) is 1.24. The molecule has 0 unspecified atom stereocenters. The van der Waals surface area contributed by atoms with Crippen molar-refractivity contribution in [3.63, 3.8) is 0 Å². The van der Waals surface area contributed by atoms with Crippen LogP contribution in [0.15, 0.2) is 12.1 Å². The predicted molar refractivity (Wildman–Crippen MR) is 49.8 cm³/mol. The number of nitrogens with zero attached hydrogens (tertiary/aromatic N) is 1. The largest absolute Gasteiger partial charge is 0.507 e. The Morgan fingerprint density at radius 3 is 2.29 bits per heavy atom. The van der Waals surface area contributed by atoms with Crippen LogP contribution in [0.1, 0.15) is 22.8 Å². The molecule has 0 saturated carbocycles. The fraction of sp³-hybridized carbons (Fsp3) is 0.222. The summed E-state index contributed by atoms with van der Waals surface area (Å²) in [5.74, 6) is -1.70. The van der Waals surface area contributed by atoms with Gasteiger partial charge in [-0.25, -0.2) is 0 Å². The van der Waals surface area contributed by atoms with Crippen LogP contribution in [0.25, 0.3) is 0 Å². The Hall–Kier alpha value is -2.12. The van der Waals surface area contributed by atoms with Crippen LogP contribution in [0.2, 0.25) is 0 Å². The molecule has 1 aromatic carbocycles. The second-order valence-electron chi connectivity index (χ2n) is 3.20. The van der Waals surface area contributed by atoms with E-state index in [9.17, 15) is 33.2 Å². The molecule has 8 heteroatoms. The third kappa shape index (κ3) is 2.52. The number of hydrogen-bond donors (Lipinski definition) is 1. The Bertz CT molecular complexity index is 496. The number of phenols is 1. The number of rotatable bonds is 2. The van der Waals surface area contributed by atoms with Crippen LogP contribution in [-0.2, 0) is 6.18 Å². The summed E-state index contributed by atoms with van der Waals surface area (Å²) in [7, 11) is 0. The summed E-state index contributed by atoms with van der Waals surface area (Å²) in [4.78, 5) is 20.2. The summed E-state index contributed by atoms with van der Waals surface area (Å²) in [6.45, 7) is 0.978. The summed E-state index contributed by atoms with van der Waals surface area (Å²) >= 11 is 0. The number of alkyl halides is 3. The predicted octanol–water partition coefficient (Wildman–Crippen LogP) is 2.52. The van der Waals surface area contributed by atoms with Gasteiger partial charge in [0, 0.05) is 6.07 Å². The number of benzene rings is 1. The first kappa shape index (κ1) is 12.9. The molecule has 0 atom stereocenters. The zero-order valence-electron chi connectivity index (χ0n) is 8.41. The fourth-order valence-electron chi connectivity index (χ4n) is 1.24. The van der Waals surface area contributed by atoms with Crippen molar-refractivity contribution in [2.24, 2.45) is 0 Å². The molecule has 0 amide bonds. The second kappa shape index (κ2) is 4.04. The zero-order chi connectivity index (χ0) is 13.4. The van der Waals surface area contributed by atoms with Crippen molar-refractivity contribution in [2.45, 2.75) is 13.1 Å². The average molecular weight is 249 g/mol. The minimum Gasteiger partial charge on any atom is -0.507 e. The van der Waals surface area contributed by atoms with E-state index in [0.29, 0.717) is 6.07 Å².